The van der Waals surface area contributed by atoms with Crippen LogP contribution in [-0.2, 0) is 10.0 Å². The highest BCUT2D eigenvalue weighted by molar-refractivity contribution is 7.92. The first-order valence-corrected chi connectivity index (χ1v) is 10.2. The van der Waals surface area contributed by atoms with Crippen LogP contribution in [-0.4, -0.2) is 50.6 Å². The third kappa shape index (κ3) is 2.95. The molecular formula is C19H18N2O5S. The van der Waals surface area contributed by atoms with E-state index in [0.717, 1.165) is 10.5 Å². The van der Waals surface area contributed by atoms with Gasteiger partial charge in [0.15, 0.2) is 0 Å². The first-order valence-electron chi connectivity index (χ1n) is 8.57. The number of rotatable bonds is 4. The number of fused-ring (bicyclic) bond motifs is 2. The second-order valence-corrected chi connectivity index (χ2v) is 8.53. The fourth-order valence-corrected chi connectivity index (χ4v) is 4.78. The average Bonchev–Trinajstić information content (AvgIpc) is 2.90. The van der Waals surface area contributed by atoms with Crippen LogP contribution in [0.15, 0.2) is 42.5 Å². The highest BCUT2D eigenvalue weighted by Gasteiger charge is 2.37. The second kappa shape index (κ2) is 6.38. The van der Waals surface area contributed by atoms with Crippen molar-refractivity contribution in [2.24, 2.45) is 0 Å². The molecule has 2 aliphatic heterocycles. The van der Waals surface area contributed by atoms with Crippen molar-refractivity contribution < 1.29 is 22.7 Å². The van der Waals surface area contributed by atoms with E-state index in [4.69, 9.17) is 4.74 Å². The van der Waals surface area contributed by atoms with Gasteiger partial charge in [0.2, 0.25) is 10.0 Å². The number of carbonyl (C=O) groups excluding carboxylic acids is 2. The number of hydrogen-bond donors (Lipinski definition) is 0. The number of benzene rings is 2. The van der Waals surface area contributed by atoms with Gasteiger partial charge in [-0.05, 0) is 36.8 Å². The van der Waals surface area contributed by atoms with Crippen molar-refractivity contribution in [3.63, 3.8) is 0 Å². The van der Waals surface area contributed by atoms with Crippen molar-refractivity contribution in [3.8, 4) is 5.75 Å². The number of anilines is 1. The van der Waals surface area contributed by atoms with Crippen molar-refractivity contribution >= 4 is 27.5 Å². The molecule has 2 aromatic rings. The van der Waals surface area contributed by atoms with E-state index >= 15 is 0 Å². The molecule has 0 spiro atoms. The summed E-state index contributed by atoms with van der Waals surface area (Å²) in [5, 5.41) is 0. The van der Waals surface area contributed by atoms with Gasteiger partial charge in [0.25, 0.3) is 11.8 Å². The van der Waals surface area contributed by atoms with Gasteiger partial charge in [-0.15, -0.1) is 0 Å². The number of ether oxygens (including phenoxy) is 1. The van der Waals surface area contributed by atoms with Gasteiger partial charge in [-0.2, -0.15) is 0 Å². The molecule has 140 valence electrons. The Labute approximate surface area is 157 Å². The summed E-state index contributed by atoms with van der Waals surface area (Å²) in [5.41, 5.74) is 2.03. The Hall–Kier alpha value is -2.87. The van der Waals surface area contributed by atoms with E-state index in [0.29, 0.717) is 22.6 Å². The molecule has 2 heterocycles. The van der Waals surface area contributed by atoms with Gasteiger partial charge in [-0.3, -0.25) is 18.8 Å². The summed E-state index contributed by atoms with van der Waals surface area (Å²) in [7, 11) is -3.73. The molecule has 2 aromatic carbocycles. The summed E-state index contributed by atoms with van der Waals surface area (Å²) in [4.78, 5) is 25.8. The van der Waals surface area contributed by atoms with Crippen LogP contribution in [0.25, 0.3) is 0 Å². The summed E-state index contributed by atoms with van der Waals surface area (Å²) in [6, 6.07) is 11.9. The Balaban J connectivity index is 1.55. The van der Waals surface area contributed by atoms with Gasteiger partial charge in [0.1, 0.15) is 12.4 Å². The third-order valence-corrected chi connectivity index (χ3v) is 6.47. The standard InChI is InChI=1S/C19H18N2O5S/c1-13-6-7-17-16(12-13)21(8-10-26-17)27(24,25)11-9-20-18(22)14-4-2-3-5-15(14)19(20)23/h2-7,12H,8-11H2,1H3. The lowest BCUT2D eigenvalue weighted by atomic mass is 10.1. The molecule has 7 nitrogen and oxygen atoms in total. The second-order valence-electron chi connectivity index (χ2n) is 6.52. The van der Waals surface area contributed by atoms with Crippen LogP contribution >= 0.6 is 0 Å². The Kier molecular flexibility index (Phi) is 4.15. The lowest BCUT2D eigenvalue weighted by molar-refractivity contribution is 0.0664. The van der Waals surface area contributed by atoms with Crippen LogP contribution in [0.3, 0.4) is 0 Å². The van der Waals surface area contributed by atoms with E-state index in [2.05, 4.69) is 0 Å². The third-order valence-electron chi connectivity index (χ3n) is 4.72. The molecule has 0 saturated heterocycles. The van der Waals surface area contributed by atoms with E-state index in [-0.39, 0.29) is 25.4 Å². The number of nitrogens with zero attached hydrogens (tertiary/aromatic N) is 2. The van der Waals surface area contributed by atoms with Gasteiger partial charge in [-0.1, -0.05) is 18.2 Å². The molecule has 0 saturated carbocycles. The van der Waals surface area contributed by atoms with Crippen molar-refractivity contribution in [1.82, 2.24) is 4.90 Å². The maximum Gasteiger partial charge on any atom is 0.261 e. The monoisotopic (exact) mass is 386 g/mol. The molecule has 0 radical (unpaired) electrons. The first kappa shape index (κ1) is 17.5. The Morgan fingerprint density at radius 2 is 1.70 bits per heavy atom. The molecule has 0 aromatic heterocycles. The van der Waals surface area contributed by atoms with Gasteiger partial charge in [0, 0.05) is 6.54 Å². The predicted molar refractivity (Wildman–Crippen MR) is 99.6 cm³/mol. The van der Waals surface area contributed by atoms with Crippen molar-refractivity contribution in [1.29, 1.82) is 0 Å². The summed E-state index contributed by atoms with van der Waals surface area (Å²) >= 11 is 0. The lowest BCUT2D eigenvalue weighted by Gasteiger charge is -2.31. The zero-order valence-electron chi connectivity index (χ0n) is 14.7. The number of carbonyl (C=O) groups is 2. The van der Waals surface area contributed by atoms with E-state index in [1.54, 1.807) is 36.4 Å². The number of sulfonamides is 1. The zero-order chi connectivity index (χ0) is 19.2. The predicted octanol–water partition coefficient (Wildman–Crippen LogP) is 1.82. The lowest BCUT2D eigenvalue weighted by Crippen LogP contribution is -2.43. The van der Waals surface area contributed by atoms with E-state index < -0.39 is 21.8 Å². The molecule has 8 heteroatoms. The Bertz CT molecular complexity index is 1010. The maximum atomic E-state index is 12.9. The molecule has 0 aliphatic carbocycles. The summed E-state index contributed by atoms with van der Waals surface area (Å²) in [6.07, 6.45) is 0. The smallest absolute Gasteiger partial charge is 0.261 e. The molecular weight excluding hydrogens is 368 g/mol. The van der Waals surface area contributed by atoms with E-state index in [1.165, 1.54) is 4.31 Å². The van der Waals surface area contributed by atoms with Crippen LogP contribution < -0.4 is 9.04 Å². The Morgan fingerprint density at radius 3 is 2.37 bits per heavy atom. The normalized spacial score (nSPS) is 16.2. The number of amides is 2. The highest BCUT2D eigenvalue weighted by Crippen LogP contribution is 2.34. The highest BCUT2D eigenvalue weighted by atomic mass is 32.2. The topological polar surface area (TPSA) is 84.0 Å². The molecule has 2 aliphatic rings. The van der Waals surface area contributed by atoms with E-state index in [9.17, 15) is 18.0 Å². The Morgan fingerprint density at radius 1 is 1.04 bits per heavy atom. The molecule has 0 bridgehead atoms. The van der Waals surface area contributed by atoms with E-state index in [1.807, 2.05) is 13.0 Å². The minimum absolute atomic E-state index is 0.187. The van der Waals surface area contributed by atoms with Crippen LogP contribution in [0.1, 0.15) is 26.3 Å². The van der Waals surface area contributed by atoms with Gasteiger partial charge >= 0.3 is 0 Å². The molecule has 0 N–H and O–H groups in total. The van der Waals surface area contributed by atoms with Crippen molar-refractivity contribution in [3.05, 3.63) is 59.2 Å². The van der Waals surface area contributed by atoms with Gasteiger partial charge in [0.05, 0.1) is 29.1 Å². The fraction of sp³-hybridized carbons (Fsp3) is 0.263. The first-order chi connectivity index (χ1) is 12.9. The fourth-order valence-electron chi connectivity index (χ4n) is 3.35. The average molecular weight is 386 g/mol. The maximum absolute atomic E-state index is 12.9. The number of hydrogen-bond acceptors (Lipinski definition) is 5. The van der Waals surface area contributed by atoms with Gasteiger partial charge < -0.3 is 4.74 Å². The molecule has 2 amide bonds. The van der Waals surface area contributed by atoms with Gasteiger partial charge in [-0.25, -0.2) is 8.42 Å². The molecule has 0 atom stereocenters. The largest absolute Gasteiger partial charge is 0.489 e. The van der Waals surface area contributed by atoms with Crippen molar-refractivity contribution in [2.45, 2.75) is 6.92 Å². The van der Waals surface area contributed by atoms with Crippen LogP contribution in [0, 0.1) is 6.92 Å². The minimum Gasteiger partial charge on any atom is -0.489 e. The van der Waals surface area contributed by atoms with Crippen LogP contribution in [0.2, 0.25) is 0 Å². The minimum atomic E-state index is -3.73. The van der Waals surface area contributed by atoms with Crippen molar-refractivity contribution in [2.75, 3.05) is 29.8 Å². The summed E-state index contributed by atoms with van der Waals surface area (Å²) in [5.74, 6) is -0.740. The van der Waals surface area contributed by atoms with Crippen LogP contribution in [0.4, 0.5) is 5.69 Å². The number of imide groups is 1. The summed E-state index contributed by atoms with van der Waals surface area (Å²) < 4.78 is 32.7. The quantitative estimate of drug-likeness (QED) is 0.749. The van der Waals surface area contributed by atoms with Crippen LogP contribution in [0.5, 0.6) is 5.75 Å². The molecule has 0 fully saturated rings. The molecule has 0 unspecified atom stereocenters. The SMILES string of the molecule is Cc1ccc2c(c1)N(S(=O)(=O)CCN1C(=O)c3ccccc3C1=O)CCO2. The summed E-state index contributed by atoms with van der Waals surface area (Å²) in [6.45, 7) is 2.13. The number of aryl methyl sites for hydroxylation is 1. The molecule has 27 heavy (non-hydrogen) atoms. The zero-order valence-corrected chi connectivity index (χ0v) is 15.5. The molecule has 4 rings (SSSR count).